The highest BCUT2D eigenvalue weighted by Gasteiger charge is 2.71. The maximum Gasteiger partial charge on any atom is 0.314 e. The van der Waals surface area contributed by atoms with Crippen LogP contribution >= 0.6 is 0 Å². The third kappa shape index (κ3) is 1.44. The van der Waals surface area contributed by atoms with Crippen molar-refractivity contribution in [2.45, 2.75) is 70.2 Å². The molecule has 3 fully saturated rings. The molecular weight excluding hydrogens is 248 g/mol. The van der Waals surface area contributed by atoms with E-state index in [0.29, 0.717) is 6.42 Å². The van der Waals surface area contributed by atoms with Gasteiger partial charge in [-0.15, -0.1) is 0 Å². The quantitative estimate of drug-likeness (QED) is 0.671. The summed E-state index contributed by atoms with van der Waals surface area (Å²) in [5, 5.41) is 10.5. The predicted octanol–water partition coefficient (Wildman–Crippen LogP) is 1.23. The van der Waals surface area contributed by atoms with Crippen molar-refractivity contribution >= 4 is 5.97 Å². The predicted molar refractivity (Wildman–Crippen MR) is 66.2 cm³/mol. The van der Waals surface area contributed by atoms with Crippen LogP contribution in [0.3, 0.4) is 0 Å². The number of fused-ring (bicyclic) bond motifs is 6. The number of carbonyl (C=O) groups is 1. The van der Waals surface area contributed by atoms with E-state index >= 15 is 0 Å². The van der Waals surface area contributed by atoms with Gasteiger partial charge in [-0.2, -0.15) is 0 Å². The van der Waals surface area contributed by atoms with Gasteiger partial charge in [-0.05, 0) is 33.1 Å². The van der Waals surface area contributed by atoms with Gasteiger partial charge in [0, 0.05) is 6.92 Å². The van der Waals surface area contributed by atoms with Gasteiger partial charge < -0.3 is 19.3 Å². The first-order chi connectivity index (χ1) is 8.63. The maximum absolute atomic E-state index is 12.1. The fraction of sp³-hybridized carbons (Fsp3) is 0.929. The molecule has 3 saturated heterocycles. The Morgan fingerprint density at radius 3 is 2.53 bits per heavy atom. The Balaban J connectivity index is 2.13. The second kappa shape index (κ2) is 3.51. The molecule has 4 bridgehead atoms. The fourth-order valence-corrected chi connectivity index (χ4v) is 4.06. The van der Waals surface area contributed by atoms with E-state index in [1.807, 2.05) is 13.8 Å². The van der Waals surface area contributed by atoms with Crippen LogP contribution in [0.2, 0.25) is 0 Å². The lowest BCUT2D eigenvalue weighted by Crippen LogP contribution is -2.79. The molecule has 0 aromatic rings. The summed E-state index contributed by atoms with van der Waals surface area (Å²) in [4.78, 5) is 12.1. The van der Waals surface area contributed by atoms with Crippen molar-refractivity contribution in [3.05, 3.63) is 0 Å². The van der Waals surface area contributed by atoms with Crippen molar-refractivity contribution in [3.8, 4) is 0 Å². The van der Waals surface area contributed by atoms with Gasteiger partial charge in [0.15, 0.2) is 5.60 Å². The molecule has 0 saturated carbocycles. The zero-order chi connectivity index (χ0) is 14.2. The molecule has 5 nitrogen and oxygen atoms in total. The van der Waals surface area contributed by atoms with Gasteiger partial charge in [0.2, 0.25) is 5.79 Å². The van der Waals surface area contributed by atoms with Gasteiger partial charge in [0.25, 0.3) is 0 Å². The standard InChI is InChI=1S/C14H22O5/c1-7-6-12(3)10-8(2)11(16)18-14(5,17-10)13(4,19-12)9(7)15/h7-10,15H,6H2,1-5H3/t7-,8+,9+,10-,12-,13+,14+/m1/s1. The molecule has 108 valence electrons. The zero-order valence-electron chi connectivity index (χ0n) is 12.1. The van der Waals surface area contributed by atoms with E-state index in [9.17, 15) is 9.90 Å². The number of carbonyl (C=O) groups excluding carboxylic acids is 1. The molecule has 7 atom stereocenters. The summed E-state index contributed by atoms with van der Waals surface area (Å²) >= 11 is 0. The van der Waals surface area contributed by atoms with E-state index in [1.165, 1.54) is 0 Å². The Bertz CT molecular complexity index is 438. The Morgan fingerprint density at radius 1 is 1.26 bits per heavy atom. The van der Waals surface area contributed by atoms with Crippen molar-refractivity contribution in [3.63, 3.8) is 0 Å². The maximum atomic E-state index is 12.1. The number of esters is 1. The van der Waals surface area contributed by atoms with Gasteiger partial charge in [-0.25, -0.2) is 0 Å². The van der Waals surface area contributed by atoms with Crippen LogP contribution in [-0.4, -0.2) is 40.3 Å². The monoisotopic (exact) mass is 270 g/mol. The third-order valence-electron chi connectivity index (χ3n) is 5.25. The largest absolute Gasteiger partial charge is 0.430 e. The van der Waals surface area contributed by atoms with E-state index in [4.69, 9.17) is 14.2 Å². The van der Waals surface area contributed by atoms with Crippen LogP contribution in [0.5, 0.6) is 0 Å². The molecule has 3 heterocycles. The lowest BCUT2D eigenvalue weighted by atomic mass is 9.68. The van der Waals surface area contributed by atoms with Crippen LogP contribution in [-0.2, 0) is 19.0 Å². The Morgan fingerprint density at radius 2 is 1.89 bits per heavy atom. The average Bonchev–Trinajstić information content (AvgIpc) is 2.29. The smallest absolute Gasteiger partial charge is 0.314 e. The number of rotatable bonds is 0. The molecule has 3 aliphatic rings. The first-order valence-electron chi connectivity index (χ1n) is 6.92. The highest BCUT2D eigenvalue weighted by Crippen LogP contribution is 2.56. The molecule has 0 aromatic carbocycles. The van der Waals surface area contributed by atoms with Crippen LogP contribution in [0.25, 0.3) is 0 Å². The molecule has 0 aliphatic carbocycles. The Kier molecular flexibility index (Phi) is 2.46. The van der Waals surface area contributed by atoms with Crippen LogP contribution in [0.4, 0.5) is 0 Å². The summed E-state index contributed by atoms with van der Waals surface area (Å²) in [5.74, 6) is -1.79. The van der Waals surface area contributed by atoms with Crippen LogP contribution in [0, 0.1) is 11.8 Å². The molecular formula is C14H22O5. The van der Waals surface area contributed by atoms with Gasteiger partial charge in [-0.1, -0.05) is 6.92 Å². The van der Waals surface area contributed by atoms with Crippen molar-refractivity contribution in [1.29, 1.82) is 0 Å². The molecule has 0 aromatic heterocycles. The highest BCUT2D eigenvalue weighted by molar-refractivity contribution is 5.74. The van der Waals surface area contributed by atoms with E-state index in [0.717, 1.165) is 0 Å². The van der Waals surface area contributed by atoms with Crippen LogP contribution in [0.15, 0.2) is 0 Å². The first-order valence-corrected chi connectivity index (χ1v) is 6.92. The molecule has 3 aliphatic heterocycles. The summed E-state index contributed by atoms with van der Waals surface area (Å²) < 4.78 is 17.7. The number of hydrogen-bond acceptors (Lipinski definition) is 5. The Labute approximate surface area is 113 Å². The number of ether oxygens (including phenoxy) is 3. The summed E-state index contributed by atoms with van der Waals surface area (Å²) in [5.41, 5.74) is -1.60. The number of aliphatic hydroxyl groups excluding tert-OH is 1. The normalized spacial score (nSPS) is 60.6. The van der Waals surface area contributed by atoms with Gasteiger partial charge in [0.05, 0.1) is 17.6 Å². The SMILES string of the molecule is C[C@@H]1C[C@@]2(C)O[C@@](C)([C@H]1O)[C@]1(C)OC(=O)[C@@H](C)[C@H]2O1. The molecule has 3 rings (SSSR count). The highest BCUT2D eigenvalue weighted by atomic mass is 16.8. The number of hydrogen-bond donors (Lipinski definition) is 1. The summed E-state index contributed by atoms with van der Waals surface area (Å²) in [7, 11) is 0. The van der Waals surface area contributed by atoms with Gasteiger partial charge in [-0.3, -0.25) is 4.79 Å². The third-order valence-corrected chi connectivity index (χ3v) is 5.25. The minimum atomic E-state index is -1.23. The summed E-state index contributed by atoms with van der Waals surface area (Å²) in [6.07, 6.45) is -0.392. The second-order valence-electron chi connectivity index (χ2n) is 6.84. The minimum absolute atomic E-state index is 0.0680. The Hall–Kier alpha value is -0.650. The summed E-state index contributed by atoms with van der Waals surface area (Å²) in [6.45, 7) is 9.22. The first kappa shape index (κ1) is 13.3. The molecule has 0 radical (unpaired) electrons. The van der Waals surface area contributed by atoms with E-state index in [2.05, 4.69) is 0 Å². The van der Waals surface area contributed by atoms with Crippen LogP contribution in [0.1, 0.15) is 41.0 Å². The molecule has 0 spiro atoms. The minimum Gasteiger partial charge on any atom is -0.430 e. The molecule has 1 N–H and O–H groups in total. The second-order valence-corrected chi connectivity index (χ2v) is 6.84. The van der Waals surface area contributed by atoms with Crippen molar-refractivity contribution in [1.82, 2.24) is 0 Å². The fourth-order valence-electron chi connectivity index (χ4n) is 4.06. The molecule has 5 heteroatoms. The van der Waals surface area contributed by atoms with Crippen molar-refractivity contribution in [2.75, 3.05) is 0 Å². The van der Waals surface area contributed by atoms with Gasteiger partial charge >= 0.3 is 5.97 Å². The van der Waals surface area contributed by atoms with Crippen LogP contribution < -0.4 is 0 Å². The number of aliphatic hydroxyl groups is 1. The lowest BCUT2D eigenvalue weighted by Gasteiger charge is -2.65. The topological polar surface area (TPSA) is 65.0 Å². The summed E-state index contributed by atoms with van der Waals surface area (Å²) in [6, 6.07) is 0. The average molecular weight is 270 g/mol. The molecule has 0 amide bonds. The molecule has 0 unspecified atom stereocenters. The van der Waals surface area contributed by atoms with Crippen molar-refractivity contribution < 1.29 is 24.1 Å². The zero-order valence-corrected chi connectivity index (χ0v) is 12.1. The van der Waals surface area contributed by atoms with Crippen molar-refractivity contribution in [2.24, 2.45) is 11.8 Å². The van der Waals surface area contributed by atoms with Gasteiger partial charge in [0.1, 0.15) is 6.10 Å². The lowest BCUT2D eigenvalue weighted by molar-refractivity contribution is -0.457. The molecule has 19 heavy (non-hydrogen) atoms. The van der Waals surface area contributed by atoms with E-state index < -0.39 is 23.1 Å². The van der Waals surface area contributed by atoms with E-state index in [-0.39, 0.29) is 23.9 Å². The van der Waals surface area contributed by atoms with E-state index in [1.54, 1.807) is 20.8 Å².